The van der Waals surface area contributed by atoms with Gasteiger partial charge in [0.2, 0.25) is 0 Å². The number of thiazole rings is 1. The molecule has 2 N–H and O–H groups in total. The van der Waals surface area contributed by atoms with Crippen molar-refractivity contribution in [3.8, 4) is 0 Å². The molecule has 16 heavy (non-hydrogen) atoms. The van der Waals surface area contributed by atoms with Gasteiger partial charge >= 0.3 is 0 Å². The lowest BCUT2D eigenvalue weighted by atomic mass is 9.94. The number of nitrogens with zero attached hydrogens (tertiary/aromatic N) is 2. The van der Waals surface area contributed by atoms with Crippen LogP contribution in [0.3, 0.4) is 0 Å². The van der Waals surface area contributed by atoms with E-state index in [0.717, 1.165) is 23.3 Å². The molecule has 3 atom stereocenters. The summed E-state index contributed by atoms with van der Waals surface area (Å²) in [6.45, 7) is 7.75. The predicted octanol–water partition coefficient (Wildman–Crippen LogP) is 2.79. The Kier molecular flexibility index (Phi) is 3.50. The highest BCUT2D eigenvalue weighted by Gasteiger charge is 2.25. The minimum Gasteiger partial charge on any atom is -0.345 e. The molecule has 4 heteroatoms. The van der Waals surface area contributed by atoms with E-state index in [1.165, 1.54) is 12.8 Å². The maximum Gasteiger partial charge on any atom is 0.185 e. The van der Waals surface area contributed by atoms with Crippen LogP contribution in [0.2, 0.25) is 0 Å². The maximum absolute atomic E-state index is 5.84. The minimum absolute atomic E-state index is 0.0454. The van der Waals surface area contributed by atoms with Crippen molar-refractivity contribution >= 4 is 16.5 Å². The molecule has 0 amide bonds. The smallest absolute Gasteiger partial charge is 0.185 e. The first-order valence-corrected chi connectivity index (χ1v) is 6.93. The van der Waals surface area contributed by atoms with Crippen LogP contribution in [0.4, 0.5) is 5.13 Å². The van der Waals surface area contributed by atoms with Crippen LogP contribution >= 0.6 is 11.3 Å². The molecule has 0 aromatic carbocycles. The van der Waals surface area contributed by atoms with Crippen LogP contribution < -0.4 is 10.6 Å². The second kappa shape index (κ2) is 4.72. The van der Waals surface area contributed by atoms with Crippen molar-refractivity contribution in [3.63, 3.8) is 0 Å². The zero-order valence-electron chi connectivity index (χ0n) is 10.3. The molecular weight excluding hydrogens is 218 g/mol. The van der Waals surface area contributed by atoms with Crippen molar-refractivity contribution in [1.29, 1.82) is 0 Å². The molecular formula is C12H21N3S. The summed E-state index contributed by atoms with van der Waals surface area (Å²) in [4.78, 5) is 7.06. The lowest BCUT2D eigenvalue weighted by molar-refractivity contribution is 0.377. The Morgan fingerprint density at radius 3 is 2.88 bits per heavy atom. The van der Waals surface area contributed by atoms with Gasteiger partial charge in [0.1, 0.15) is 0 Å². The van der Waals surface area contributed by atoms with Gasteiger partial charge in [-0.3, -0.25) is 0 Å². The highest BCUT2D eigenvalue weighted by Crippen LogP contribution is 2.30. The van der Waals surface area contributed by atoms with Gasteiger partial charge in [-0.25, -0.2) is 4.98 Å². The van der Waals surface area contributed by atoms with E-state index in [9.17, 15) is 0 Å². The van der Waals surface area contributed by atoms with Gasteiger partial charge in [-0.15, -0.1) is 11.3 Å². The van der Waals surface area contributed by atoms with Crippen molar-refractivity contribution in [3.05, 3.63) is 11.1 Å². The molecule has 0 spiro atoms. The van der Waals surface area contributed by atoms with Crippen LogP contribution in [0.15, 0.2) is 5.38 Å². The molecule has 1 aliphatic heterocycles. The molecule has 1 aromatic heterocycles. The zero-order valence-corrected chi connectivity index (χ0v) is 11.1. The van der Waals surface area contributed by atoms with Gasteiger partial charge in [-0.05, 0) is 32.6 Å². The van der Waals surface area contributed by atoms with E-state index in [1.54, 1.807) is 11.3 Å². The zero-order chi connectivity index (χ0) is 11.7. The van der Waals surface area contributed by atoms with Crippen LogP contribution in [-0.4, -0.2) is 17.6 Å². The van der Waals surface area contributed by atoms with Crippen molar-refractivity contribution < 1.29 is 0 Å². The monoisotopic (exact) mass is 239 g/mol. The number of rotatable bonds is 2. The molecule has 90 valence electrons. The Morgan fingerprint density at radius 1 is 1.56 bits per heavy atom. The van der Waals surface area contributed by atoms with Gasteiger partial charge < -0.3 is 10.6 Å². The molecule has 2 rings (SSSR count). The lowest BCUT2D eigenvalue weighted by Crippen LogP contribution is -2.40. The first-order valence-electron chi connectivity index (χ1n) is 6.05. The molecule has 1 aliphatic rings. The number of piperidine rings is 1. The molecule has 1 fully saturated rings. The van der Waals surface area contributed by atoms with Crippen molar-refractivity contribution in [1.82, 2.24) is 4.98 Å². The summed E-state index contributed by atoms with van der Waals surface area (Å²) in [5.41, 5.74) is 6.86. The lowest BCUT2D eigenvalue weighted by Gasteiger charge is -2.36. The van der Waals surface area contributed by atoms with Gasteiger partial charge in [0.05, 0.1) is 5.69 Å². The van der Waals surface area contributed by atoms with Crippen molar-refractivity contribution in [2.75, 3.05) is 11.4 Å². The molecule has 2 heterocycles. The molecule has 0 saturated carbocycles. The third-order valence-corrected chi connectivity index (χ3v) is 4.26. The Morgan fingerprint density at radius 2 is 2.31 bits per heavy atom. The summed E-state index contributed by atoms with van der Waals surface area (Å²) >= 11 is 1.72. The fourth-order valence-corrected chi connectivity index (χ4v) is 3.37. The topological polar surface area (TPSA) is 42.2 Å². The van der Waals surface area contributed by atoms with E-state index in [0.29, 0.717) is 6.04 Å². The van der Waals surface area contributed by atoms with Gasteiger partial charge in [-0.2, -0.15) is 0 Å². The summed E-state index contributed by atoms with van der Waals surface area (Å²) in [7, 11) is 0. The van der Waals surface area contributed by atoms with Gasteiger partial charge in [0.15, 0.2) is 5.13 Å². The summed E-state index contributed by atoms with van der Waals surface area (Å²) in [6.07, 6.45) is 2.55. The average Bonchev–Trinajstić information content (AvgIpc) is 2.66. The molecule has 0 radical (unpaired) electrons. The highest BCUT2D eigenvalue weighted by molar-refractivity contribution is 7.13. The first-order chi connectivity index (χ1) is 7.58. The number of hydrogen-bond donors (Lipinski definition) is 1. The Hall–Kier alpha value is -0.610. The largest absolute Gasteiger partial charge is 0.345 e. The van der Waals surface area contributed by atoms with Crippen molar-refractivity contribution in [2.45, 2.75) is 45.7 Å². The minimum atomic E-state index is 0.0454. The molecule has 0 aliphatic carbocycles. The molecule has 1 aromatic rings. The predicted molar refractivity (Wildman–Crippen MR) is 69.9 cm³/mol. The van der Waals surface area contributed by atoms with Gasteiger partial charge in [0.25, 0.3) is 0 Å². The van der Waals surface area contributed by atoms with Gasteiger partial charge in [-0.1, -0.05) is 6.92 Å². The van der Waals surface area contributed by atoms with E-state index in [2.05, 4.69) is 29.1 Å². The maximum atomic E-state index is 5.84. The van der Waals surface area contributed by atoms with E-state index in [4.69, 9.17) is 5.73 Å². The number of nitrogens with two attached hydrogens (primary N) is 1. The summed E-state index contributed by atoms with van der Waals surface area (Å²) in [5, 5.41) is 3.23. The average molecular weight is 239 g/mol. The highest BCUT2D eigenvalue weighted by atomic mass is 32.1. The second-order valence-corrected chi connectivity index (χ2v) is 5.85. The van der Waals surface area contributed by atoms with Crippen LogP contribution in [0, 0.1) is 5.92 Å². The fraction of sp³-hybridized carbons (Fsp3) is 0.750. The number of aromatic nitrogens is 1. The summed E-state index contributed by atoms with van der Waals surface area (Å²) in [5.74, 6) is 0.846. The van der Waals surface area contributed by atoms with Crippen LogP contribution in [0.1, 0.15) is 45.3 Å². The van der Waals surface area contributed by atoms with Gasteiger partial charge in [0, 0.05) is 24.0 Å². The standard InChI is InChI=1S/C12H21N3S/c1-8-4-5-15(9(2)6-8)12-14-11(7-16-12)10(3)13/h7-10H,4-6,13H2,1-3H3. The SMILES string of the molecule is CC1CCN(c2nc(C(C)N)cs2)C(C)C1. The second-order valence-electron chi connectivity index (χ2n) is 5.02. The quantitative estimate of drug-likeness (QED) is 0.863. The third-order valence-electron chi connectivity index (χ3n) is 3.36. The van der Waals surface area contributed by atoms with Crippen molar-refractivity contribution in [2.24, 2.45) is 11.7 Å². The van der Waals surface area contributed by atoms with Crippen LogP contribution in [-0.2, 0) is 0 Å². The third kappa shape index (κ3) is 2.38. The molecule has 0 bridgehead atoms. The summed E-state index contributed by atoms with van der Waals surface area (Å²) < 4.78 is 0. The molecule has 1 saturated heterocycles. The number of anilines is 1. The summed E-state index contributed by atoms with van der Waals surface area (Å²) in [6, 6.07) is 0.653. The molecule has 3 nitrogen and oxygen atoms in total. The Labute approximate surface area is 102 Å². The first kappa shape index (κ1) is 11.9. The van der Waals surface area contributed by atoms with E-state index >= 15 is 0 Å². The molecule has 3 unspecified atom stereocenters. The fourth-order valence-electron chi connectivity index (χ4n) is 2.31. The normalized spacial score (nSPS) is 28.1. The number of hydrogen-bond acceptors (Lipinski definition) is 4. The van der Waals surface area contributed by atoms with Crippen LogP contribution in [0.5, 0.6) is 0 Å². The van der Waals surface area contributed by atoms with E-state index in [-0.39, 0.29) is 6.04 Å². The van der Waals surface area contributed by atoms with Crippen LogP contribution in [0.25, 0.3) is 0 Å². The van der Waals surface area contributed by atoms with E-state index < -0.39 is 0 Å². The van der Waals surface area contributed by atoms with E-state index in [1.807, 2.05) is 6.92 Å². The Bertz CT molecular complexity index is 348. The Balaban J connectivity index is 2.11.